The second kappa shape index (κ2) is 11.4. The number of nitriles is 1. The lowest BCUT2D eigenvalue weighted by Crippen LogP contribution is -2.11. The van der Waals surface area contributed by atoms with E-state index < -0.39 is 0 Å². The van der Waals surface area contributed by atoms with Gasteiger partial charge in [0.15, 0.2) is 16.5 Å². The third-order valence-electron chi connectivity index (χ3n) is 5.81. The van der Waals surface area contributed by atoms with Gasteiger partial charge in [-0.25, -0.2) is 0 Å². The van der Waals surface area contributed by atoms with E-state index in [0.29, 0.717) is 45.9 Å². The molecule has 0 aliphatic heterocycles. The molecule has 0 aliphatic rings. The highest BCUT2D eigenvalue weighted by atomic mass is 32.1. The Balaban J connectivity index is 1.36. The van der Waals surface area contributed by atoms with Crippen molar-refractivity contribution in [1.82, 2.24) is 14.8 Å². The Kier molecular flexibility index (Phi) is 7.43. The zero-order valence-electron chi connectivity index (χ0n) is 20.5. The van der Waals surface area contributed by atoms with E-state index >= 15 is 0 Å². The predicted molar refractivity (Wildman–Crippen MR) is 148 cm³/mol. The molecule has 5 rings (SSSR count). The molecule has 0 fully saturated rings. The molecule has 0 radical (unpaired) electrons. The average molecular weight is 522 g/mol. The van der Waals surface area contributed by atoms with Crippen molar-refractivity contribution in [3.8, 4) is 17.6 Å². The molecule has 0 spiro atoms. The number of para-hydroxylation sites is 3. The number of nitrogens with zero attached hydrogens (tertiary/aromatic N) is 4. The Hall–Kier alpha value is -4.94. The van der Waals surface area contributed by atoms with Crippen LogP contribution in [0.1, 0.15) is 20.9 Å². The van der Waals surface area contributed by atoms with Crippen LogP contribution in [0.4, 0.5) is 5.13 Å². The molecule has 0 aliphatic carbocycles. The Bertz CT molecular complexity index is 1650. The van der Waals surface area contributed by atoms with Crippen LogP contribution >= 0.6 is 11.3 Å². The maximum Gasteiger partial charge on any atom is 0.257 e. The summed E-state index contributed by atoms with van der Waals surface area (Å²) in [7, 11) is 1.62. The fourth-order valence-corrected chi connectivity index (χ4v) is 4.71. The van der Waals surface area contributed by atoms with Crippen LogP contribution in [0.3, 0.4) is 0 Å². The molecule has 0 atom stereocenters. The number of nitrogens with one attached hydrogen (secondary N) is 1. The topological polar surface area (TPSA) is 102 Å². The quantitative estimate of drug-likeness (QED) is 0.243. The number of aromatic nitrogens is 3. The normalized spacial score (nSPS) is 11.2. The van der Waals surface area contributed by atoms with Crippen LogP contribution in [0.25, 0.3) is 22.6 Å². The van der Waals surface area contributed by atoms with Crippen LogP contribution in [-0.4, -0.2) is 34.4 Å². The lowest BCUT2D eigenvalue weighted by atomic mass is 10.1. The SMILES string of the molecule is COc1ccccc1OCCn1cc(C=C(C#N)c2nnc(NC(=O)c3ccccc3)s2)c2ccccc21. The van der Waals surface area contributed by atoms with Gasteiger partial charge in [0.2, 0.25) is 5.13 Å². The van der Waals surface area contributed by atoms with Crippen molar-refractivity contribution in [2.45, 2.75) is 6.54 Å². The van der Waals surface area contributed by atoms with Crippen molar-refractivity contribution in [1.29, 1.82) is 5.26 Å². The minimum absolute atomic E-state index is 0.283. The van der Waals surface area contributed by atoms with Crippen molar-refractivity contribution < 1.29 is 14.3 Å². The summed E-state index contributed by atoms with van der Waals surface area (Å²) in [5.41, 5.74) is 2.77. The van der Waals surface area contributed by atoms with Crippen LogP contribution in [0.5, 0.6) is 11.5 Å². The first-order chi connectivity index (χ1) is 18.7. The molecule has 3 aromatic carbocycles. The summed E-state index contributed by atoms with van der Waals surface area (Å²) in [5.74, 6) is 1.09. The first-order valence-electron chi connectivity index (χ1n) is 11.8. The van der Waals surface area contributed by atoms with Crippen molar-refractivity contribution >= 4 is 44.9 Å². The Morgan fingerprint density at radius 2 is 1.76 bits per heavy atom. The van der Waals surface area contributed by atoms with Gasteiger partial charge in [0, 0.05) is 28.2 Å². The second-order valence-electron chi connectivity index (χ2n) is 8.20. The van der Waals surface area contributed by atoms with E-state index in [0.717, 1.165) is 27.8 Å². The van der Waals surface area contributed by atoms with Gasteiger partial charge in [0.25, 0.3) is 5.91 Å². The summed E-state index contributed by atoms with van der Waals surface area (Å²) in [6.07, 6.45) is 3.79. The van der Waals surface area contributed by atoms with E-state index in [2.05, 4.69) is 26.2 Å². The number of anilines is 1. The summed E-state index contributed by atoms with van der Waals surface area (Å²) in [6, 6.07) is 26.6. The molecule has 5 aromatic rings. The van der Waals surface area contributed by atoms with Gasteiger partial charge in [0.1, 0.15) is 12.7 Å². The van der Waals surface area contributed by atoms with E-state index in [9.17, 15) is 10.1 Å². The third-order valence-corrected chi connectivity index (χ3v) is 6.68. The number of fused-ring (bicyclic) bond motifs is 1. The lowest BCUT2D eigenvalue weighted by Gasteiger charge is -2.11. The molecule has 0 bridgehead atoms. The summed E-state index contributed by atoms with van der Waals surface area (Å²) < 4.78 is 13.4. The van der Waals surface area contributed by atoms with Gasteiger partial charge in [-0.2, -0.15) is 5.26 Å². The maximum atomic E-state index is 12.4. The van der Waals surface area contributed by atoms with Gasteiger partial charge in [-0.1, -0.05) is 59.9 Å². The van der Waals surface area contributed by atoms with E-state index in [1.54, 1.807) is 37.5 Å². The number of benzene rings is 3. The zero-order valence-corrected chi connectivity index (χ0v) is 21.3. The number of amides is 1. The highest BCUT2D eigenvalue weighted by Crippen LogP contribution is 2.29. The molecule has 1 amide bonds. The second-order valence-corrected chi connectivity index (χ2v) is 9.17. The molecule has 2 aromatic heterocycles. The van der Waals surface area contributed by atoms with Crippen LogP contribution in [0, 0.1) is 11.3 Å². The molecular formula is C29H23N5O3S. The van der Waals surface area contributed by atoms with Gasteiger partial charge in [-0.05, 0) is 36.4 Å². The Morgan fingerprint density at radius 1 is 1.03 bits per heavy atom. The third kappa shape index (κ3) is 5.40. The van der Waals surface area contributed by atoms with Gasteiger partial charge < -0.3 is 14.0 Å². The van der Waals surface area contributed by atoms with E-state index in [1.165, 1.54) is 0 Å². The summed E-state index contributed by atoms with van der Waals surface area (Å²) in [4.78, 5) is 12.4. The summed E-state index contributed by atoms with van der Waals surface area (Å²) >= 11 is 1.15. The monoisotopic (exact) mass is 521 g/mol. The minimum Gasteiger partial charge on any atom is -0.493 e. The fourth-order valence-electron chi connectivity index (χ4n) is 4.01. The number of allylic oxidation sites excluding steroid dienone is 1. The van der Waals surface area contributed by atoms with Crippen molar-refractivity contribution in [2.24, 2.45) is 0 Å². The number of hydrogen-bond acceptors (Lipinski definition) is 7. The number of hydrogen-bond donors (Lipinski definition) is 1. The molecular weight excluding hydrogens is 498 g/mol. The van der Waals surface area contributed by atoms with E-state index in [-0.39, 0.29) is 5.91 Å². The minimum atomic E-state index is -0.283. The fraction of sp³-hybridized carbons (Fsp3) is 0.103. The zero-order chi connectivity index (χ0) is 26.3. The number of carbonyl (C=O) groups is 1. The molecule has 188 valence electrons. The summed E-state index contributed by atoms with van der Waals surface area (Å²) in [5, 5.41) is 22.6. The van der Waals surface area contributed by atoms with Gasteiger partial charge in [0.05, 0.1) is 19.2 Å². The predicted octanol–water partition coefficient (Wildman–Crippen LogP) is 5.90. The number of carbonyl (C=O) groups excluding carboxylic acids is 1. The van der Waals surface area contributed by atoms with Crippen LogP contribution < -0.4 is 14.8 Å². The molecule has 2 heterocycles. The van der Waals surface area contributed by atoms with Crippen molar-refractivity contribution in [3.63, 3.8) is 0 Å². The van der Waals surface area contributed by atoms with Crippen molar-refractivity contribution in [2.75, 3.05) is 19.0 Å². The van der Waals surface area contributed by atoms with Crippen LogP contribution in [-0.2, 0) is 6.54 Å². The van der Waals surface area contributed by atoms with Crippen molar-refractivity contribution in [3.05, 3.63) is 101 Å². The molecule has 38 heavy (non-hydrogen) atoms. The maximum absolute atomic E-state index is 12.4. The van der Waals surface area contributed by atoms with Crippen LogP contribution in [0.15, 0.2) is 85.1 Å². The van der Waals surface area contributed by atoms with E-state index in [4.69, 9.17) is 9.47 Å². The Labute approximate surface area is 223 Å². The number of ether oxygens (including phenoxy) is 2. The molecule has 1 N–H and O–H groups in total. The first kappa shape index (κ1) is 24.7. The molecule has 0 unspecified atom stereocenters. The van der Waals surface area contributed by atoms with Crippen LogP contribution in [0.2, 0.25) is 0 Å². The average Bonchev–Trinajstić information content (AvgIpc) is 3.57. The van der Waals surface area contributed by atoms with Gasteiger partial charge in [-0.15, -0.1) is 10.2 Å². The first-order valence-corrected chi connectivity index (χ1v) is 12.6. The number of rotatable bonds is 9. The van der Waals surface area contributed by atoms with Gasteiger partial charge in [-0.3, -0.25) is 10.1 Å². The van der Waals surface area contributed by atoms with Gasteiger partial charge >= 0.3 is 0 Å². The smallest absolute Gasteiger partial charge is 0.257 e. The lowest BCUT2D eigenvalue weighted by molar-refractivity contribution is 0.102. The number of methoxy groups -OCH3 is 1. The molecule has 0 saturated heterocycles. The standard InChI is InChI=1S/C29H23N5O3S/c1-36-25-13-7-8-14-26(25)37-16-15-34-19-22(23-11-5-6-12-24(23)34)17-21(18-30)28-32-33-29(38-28)31-27(35)20-9-3-2-4-10-20/h2-14,17,19H,15-16H2,1H3,(H,31,33,35). The molecule has 0 saturated carbocycles. The molecule has 9 heteroatoms. The Morgan fingerprint density at radius 3 is 2.55 bits per heavy atom. The highest BCUT2D eigenvalue weighted by molar-refractivity contribution is 7.16. The molecule has 8 nitrogen and oxygen atoms in total. The largest absolute Gasteiger partial charge is 0.493 e. The van der Waals surface area contributed by atoms with E-state index in [1.807, 2.05) is 60.8 Å². The highest BCUT2D eigenvalue weighted by Gasteiger charge is 2.15. The summed E-state index contributed by atoms with van der Waals surface area (Å²) in [6.45, 7) is 1.04.